The van der Waals surface area contributed by atoms with Crippen molar-refractivity contribution in [1.29, 1.82) is 0 Å². The Balaban J connectivity index is 2.35. The van der Waals surface area contributed by atoms with Gasteiger partial charge in [-0.3, -0.25) is 4.79 Å². The maximum Gasteiger partial charge on any atom is 0.244 e. The molecule has 1 aromatic carbocycles. The number of amides is 1. The molecule has 0 aliphatic carbocycles. The lowest BCUT2D eigenvalue weighted by Crippen LogP contribution is -2.44. The summed E-state index contributed by atoms with van der Waals surface area (Å²) < 4.78 is 26.4. The molecule has 1 aliphatic heterocycles. The number of carbonyl (C=O) groups excluding carboxylic acids is 1. The van der Waals surface area contributed by atoms with Gasteiger partial charge >= 0.3 is 0 Å². The first-order valence-corrected chi connectivity index (χ1v) is 7.98. The fraction of sp³-hybridized carbons (Fsp3) is 0.417. The highest BCUT2D eigenvalue weighted by molar-refractivity contribution is 7.89. The Kier molecular flexibility index (Phi) is 4.22. The lowest BCUT2D eigenvalue weighted by atomic mass is 9.99. The van der Waals surface area contributed by atoms with E-state index in [2.05, 4.69) is 0 Å². The van der Waals surface area contributed by atoms with E-state index < -0.39 is 21.8 Å². The third kappa shape index (κ3) is 2.89. The number of nitrogens with zero attached hydrogens (tertiary/aromatic N) is 1. The van der Waals surface area contributed by atoms with E-state index in [0.717, 1.165) is 0 Å². The molecule has 1 unspecified atom stereocenters. The van der Waals surface area contributed by atoms with Crippen molar-refractivity contribution in [1.82, 2.24) is 4.31 Å². The maximum atomic E-state index is 12.6. The average molecular weight is 318 g/mol. The molecule has 0 aromatic heterocycles. The number of primary amides is 1. The molecule has 2 rings (SSSR count). The molecule has 0 saturated carbocycles. The second-order valence-corrected chi connectivity index (χ2v) is 7.11. The molecule has 1 aliphatic rings. The van der Waals surface area contributed by atoms with Gasteiger partial charge in [-0.2, -0.15) is 4.31 Å². The molecule has 1 fully saturated rings. The van der Waals surface area contributed by atoms with Crippen LogP contribution in [0.4, 0.5) is 5.69 Å². The number of halogens is 1. The van der Waals surface area contributed by atoms with Crippen molar-refractivity contribution in [3.63, 3.8) is 0 Å². The second kappa shape index (κ2) is 5.59. The monoisotopic (exact) mass is 317 g/mol. The highest BCUT2D eigenvalue weighted by Gasteiger charge is 2.33. The van der Waals surface area contributed by atoms with Crippen molar-refractivity contribution in [2.24, 2.45) is 11.7 Å². The van der Waals surface area contributed by atoms with Gasteiger partial charge in [0.15, 0.2) is 0 Å². The summed E-state index contributed by atoms with van der Waals surface area (Å²) in [5.74, 6) is -0.943. The average Bonchev–Trinajstić information content (AvgIpc) is 2.41. The van der Waals surface area contributed by atoms with E-state index in [0.29, 0.717) is 25.1 Å². The van der Waals surface area contributed by atoms with Crippen molar-refractivity contribution < 1.29 is 13.2 Å². The van der Waals surface area contributed by atoms with Crippen LogP contribution in [0.5, 0.6) is 0 Å². The molecule has 8 heteroatoms. The number of anilines is 1. The van der Waals surface area contributed by atoms with Crippen LogP contribution in [0.2, 0.25) is 5.02 Å². The Morgan fingerprint density at radius 3 is 2.75 bits per heavy atom. The molecular formula is C12H16ClN3O3S. The minimum atomic E-state index is -3.77. The van der Waals surface area contributed by atoms with Crippen LogP contribution in [0, 0.1) is 5.92 Å². The first-order chi connectivity index (χ1) is 9.32. The van der Waals surface area contributed by atoms with Gasteiger partial charge in [0.2, 0.25) is 15.9 Å². The van der Waals surface area contributed by atoms with Crippen molar-refractivity contribution in [2.75, 3.05) is 18.8 Å². The zero-order valence-corrected chi connectivity index (χ0v) is 12.3. The molecule has 20 heavy (non-hydrogen) atoms. The van der Waals surface area contributed by atoms with Crippen LogP contribution < -0.4 is 11.5 Å². The van der Waals surface area contributed by atoms with Crippen molar-refractivity contribution in [3.05, 3.63) is 23.2 Å². The van der Waals surface area contributed by atoms with Gasteiger partial charge in [-0.15, -0.1) is 0 Å². The third-order valence-corrected chi connectivity index (χ3v) is 5.71. The van der Waals surface area contributed by atoms with E-state index in [-0.39, 0.29) is 16.5 Å². The Bertz CT molecular complexity index is 633. The van der Waals surface area contributed by atoms with E-state index in [4.69, 9.17) is 23.1 Å². The van der Waals surface area contributed by atoms with Crippen LogP contribution in [-0.4, -0.2) is 31.7 Å². The summed E-state index contributed by atoms with van der Waals surface area (Å²) in [6.07, 6.45) is 1.19. The number of sulfonamides is 1. The Labute approximate surface area is 122 Å². The smallest absolute Gasteiger partial charge is 0.244 e. The standard InChI is InChI=1S/C12H16ClN3O3S/c13-10-4-3-9(14)6-11(10)20(18,19)16-5-1-2-8(7-16)12(15)17/h3-4,6,8H,1-2,5,7,14H2,(H2,15,17). The Morgan fingerprint density at radius 1 is 1.40 bits per heavy atom. The van der Waals surface area contributed by atoms with Crippen molar-refractivity contribution in [2.45, 2.75) is 17.7 Å². The topological polar surface area (TPSA) is 106 Å². The normalized spacial score (nSPS) is 20.8. The molecule has 4 N–H and O–H groups in total. The van der Waals surface area contributed by atoms with Crippen molar-refractivity contribution >= 4 is 33.2 Å². The van der Waals surface area contributed by atoms with E-state index in [1.165, 1.54) is 22.5 Å². The molecule has 6 nitrogen and oxygen atoms in total. The zero-order chi connectivity index (χ0) is 14.9. The summed E-state index contributed by atoms with van der Waals surface area (Å²) in [4.78, 5) is 11.2. The van der Waals surface area contributed by atoms with E-state index in [9.17, 15) is 13.2 Å². The minimum absolute atomic E-state index is 0.0377. The number of piperidine rings is 1. The number of rotatable bonds is 3. The van der Waals surface area contributed by atoms with Crippen LogP contribution in [-0.2, 0) is 14.8 Å². The second-order valence-electron chi connectivity index (χ2n) is 4.79. The predicted molar refractivity (Wildman–Crippen MR) is 76.5 cm³/mol. The molecule has 0 spiro atoms. The van der Waals surface area contributed by atoms with Gasteiger partial charge in [0.05, 0.1) is 10.9 Å². The van der Waals surface area contributed by atoms with Crippen LogP contribution in [0.15, 0.2) is 23.1 Å². The number of hydrogen-bond acceptors (Lipinski definition) is 4. The summed E-state index contributed by atoms with van der Waals surface area (Å²) in [5, 5.41) is 0.111. The number of nitrogens with two attached hydrogens (primary N) is 2. The summed E-state index contributed by atoms with van der Waals surface area (Å²) >= 11 is 5.95. The van der Waals surface area contributed by atoms with Crippen LogP contribution in [0.3, 0.4) is 0 Å². The van der Waals surface area contributed by atoms with Crippen LogP contribution >= 0.6 is 11.6 Å². The SMILES string of the molecule is NC(=O)C1CCCN(S(=O)(=O)c2cc(N)ccc2Cl)C1. The fourth-order valence-corrected chi connectivity index (χ4v) is 4.28. The number of benzene rings is 1. The molecule has 110 valence electrons. The largest absolute Gasteiger partial charge is 0.399 e. The Hall–Kier alpha value is -1.31. The molecule has 1 amide bonds. The van der Waals surface area contributed by atoms with E-state index >= 15 is 0 Å². The van der Waals surface area contributed by atoms with Crippen LogP contribution in [0.25, 0.3) is 0 Å². The van der Waals surface area contributed by atoms with Crippen LogP contribution in [0.1, 0.15) is 12.8 Å². The summed E-state index contributed by atoms with van der Waals surface area (Å²) in [6, 6.07) is 4.30. The highest BCUT2D eigenvalue weighted by Crippen LogP contribution is 2.29. The van der Waals surface area contributed by atoms with Gasteiger partial charge < -0.3 is 11.5 Å². The summed E-state index contributed by atoms with van der Waals surface area (Å²) in [7, 11) is -3.77. The number of hydrogen-bond donors (Lipinski definition) is 2. The molecule has 0 radical (unpaired) electrons. The van der Waals surface area contributed by atoms with Crippen molar-refractivity contribution in [3.8, 4) is 0 Å². The first kappa shape index (κ1) is 15.1. The summed E-state index contributed by atoms with van der Waals surface area (Å²) in [6.45, 7) is 0.431. The van der Waals surface area contributed by atoms with Gasteiger partial charge in [-0.05, 0) is 31.0 Å². The lowest BCUT2D eigenvalue weighted by Gasteiger charge is -2.30. The number of carbonyl (C=O) groups is 1. The zero-order valence-electron chi connectivity index (χ0n) is 10.8. The van der Waals surface area contributed by atoms with E-state index in [1.54, 1.807) is 0 Å². The Morgan fingerprint density at radius 2 is 2.10 bits per heavy atom. The molecule has 1 aromatic rings. The van der Waals surface area contributed by atoms with Gasteiger partial charge in [0.1, 0.15) is 4.90 Å². The van der Waals surface area contributed by atoms with Gasteiger partial charge in [-0.1, -0.05) is 11.6 Å². The van der Waals surface area contributed by atoms with Gasteiger partial charge in [0, 0.05) is 18.8 Å². The third-order valence-electron chi connectivity index (χ3n) is 3.36. The summed E-state index contributed by atoms with van der Waals surface area (Å²) in [5.41, 5.74) is 11.2. The molecule has 1 heterocycles. The van der Waals surface area contributed by atoms with Gasteiger partial charge in [0.25, 0.3) is 0 Å². The van der Waals surface area contributed by atoms with Gasteiger partial charge in [-0.25, -0.2) is 8.42 Å². The maximum absolute atomic E-state index is 12.6. The van der Waals surface area contributed by atoms with E-state index in [1.807, 2.05) is 0 Å². The lowest BCUT2D eigenvalue weighted by molar-refractivity contribution is -0.122. The quantitative estimate of drug-likeness (QED) is 0.804. The highest BCUT2D eigenvalue weighted by atomic mass is 35.5. The molecular weight excluding hydrogens is 302 g/mol. The first-order valence-electron chi connectivity index (χ1n) is 6.17. The molecule has 0 bridgehead atoms. The fourth-order valence-electron chi connectivity index (χ4n) is 2.25. The predicted octanol–water partition coefficient (Wildman–Crippen LogP) is 0.808. The minimum Gasteiger partial charge on any atom is -0.399 e. The molecule has 1 saturated heterocycles. The molecule has 1 atom stereocenters. The number of nitrogen functional groups attached to an aromatic ring is 1.